The van der Waals surface area contributed by atoms with Gasteiger partial charge in [0.05, 0.1) is 6.61 Å². The van der Waals surface area contributed by atoms with Crippen molar-refractivity contribution in [3.63, 3.8) is 0 Å². The average molecular weight is 329 g/mol. The van der Waals surface area contributed by atoms with Crippen molar-refractivity contribution in [3.05, 3.63) is 24.4 Å². The molecule has 1 aromatic rings. The molecule has 0 N–H and O–H groups in total. The zero-order valence-corrected chi connectivity index (χ0v) is 15.0. The third-order valence-corrected chi connectivity index (χ3v) is 6.48. The largest absolute Gasteiger partial charge is 0.477 e. The molecule has 0 radical (unpaired) electrons. The van der Waals surface area contributed by atoms with Gasteiger partial charge in [0, 0.05) is 37.4 Å². The summed E-state index contributed by atoms with van der Waals surface area (Å²) in [5.41, 5.74) is 0.412. The minimum atomic E-state index is 0.412. The smallest absolute Gasteiger partial charge is 0.213 e. The molecular weight excluding hydrogens is 298 g/mol. The van der Waals surface area contributed by atoms with E-state index in [9.17, 15) is 0 Å². The summed E-state index contributed by atoms with van der Waals surface area (Å²) < 4.78 is 5.93. The maximum Gasteiger partial charge on any atom is 0.213 e. The van der Waals surface area contributed by atoms with Crippen LogP contribution in [0.5, 0.6) is 5.88 Å². The van der Waals surface area contributed by atoms with E-state index >= 15 is 0 Å². The molecular formula is C20H31N3O. The third-order valence-electron chi connectivity index (χ3n) is 6.48. The van der Waals surface area contributed by atoms with Gasteiger partial charge in [-0.05, 0) is 57.2 Å². The fourth-order valence-electron chi connectivity index (χ4n) is 5.03. The highest BCUT2D eigenvalue weighted by molar-refractivity contribution is 5.10. The number of nitrogens with zero attached hydrogens (tertiary/aromatic N) is 3. The lowest BCUT2D eigenvalue weighted by Gasteiger charge is -2.59. The van der Waals surface area contributed by atoms with Crippen LogP contribution in [0.25, 0.3) is 0 Å². The zero-order valence-electron chi connectivity index (χ0n) is 15.0. The van der Waals surface area contributed by atoms with Crippen molar-refractivity contribution in [2.75, 3.05) is 39.8 Å². The summed E-state index contributed by atoms with van der Waals surface area (Å²) in [5.74, 6) is 2.40. The molecule has 2 saturated heterocycles. The lowest BCUT2D eigenvalue weighted by atomic mass is 9.75. The van der Waals surface area contributed by atoms with Crippen LogP contribution >= 0.6 is 0 Å². The highest BCUT2D eigenvalue weighted by Gasteiger charge is 2.49. The lowest BCUT2D eigenvalue weighted by Crippen LogP contribution is -2.72. The molecule has 0 aromatic carbocycles. The quantitative estimate of drug-likeness (QED) is 0.830. The van der Waals surface area contributed by atoms with E-state index in [0.29, 0.717) is 11.5 Å². The van der Waals surface area contributed by atoms with Crippen LogP contribution in [-0.4, -0.2) is 60.2 Å². The van der Waals surface area contributed by atoms with E-state index in [0.717, 1.165) is 18.4 Å². The van der Waals surface area contributed by atoms with Crippen LogP contribution < -0.4 is 4.74 Å². The van der Waals surface area contributed by atoms with E-state index in [2.05, 4.69) is 21.8 Å². The first-order valence-electron chi connectivity index (χ1n) is 9.71. The van der Waals surface area contributed by atoms with Gasteiger partial charge in [0.25, 0.3) is 0 Å². The summed E-state index contributed by atoms with van der Waals surface area (Å²) in [7, 11) is 2.32. The van der Waals surface area contributed by atoms with Crippen LogP contribution in [0.4, 0.5) is 0 Å². The predicted octanol–water partition coefficient (Wildman–Crippen LogP) is 3.05. The zero-order chi connectivity index (χ0) is 16.4. The molecule has 0 amide bonds. The van der Waals surface area contributed by atoms with Crippen molar-refractivity contribution in [1.82, 2.24) is 14.8 Å². The minimum Gasteiger partial charge on any atom is -0.477 e. The highest BCUT2D eigenvalue weighted by atomic mass is 16.5. The molecule has 1 aromatic heterocycles. The molecule has 1 spiro atoms. The van der Waals surface area contributed by atoms with Crippen molar-refractivity contribution in [2.45, 2.75) is 44.1 Å². The third kappa shape index (κ3) is 3.45. The molecule has 4 heteroatoms. The van der Waals surface area contributed by atoms with Gasteiger partial charge in [-0.25, -0.2) is 4.98 Å². The molecule has 132 valence electrons. The lowest BCUT2D eigenvalue weighted by molar-refractivity contribution is -0.0882. The summed E-state index contributed by atoms with van der Waals surface area (Å²) in [6, 6.07) is 5.88. The van der Waals surface area contributed by atoms with Gasteiger partial charge in [0.15, 0.2) is 0 Å². The number of hydrogen-bond donors (Lipinski definition) is 0. The Morgan fingerprint density at radius 3 is 2.75 bits per heavy atom. The molecule has 0 bridgehead atoms. The number of aromatic nitrogens is 1. The molecule has 1 aliphatic carbocycles. The van der Waals surface area contributed by atoms with Gasteiger partial charge in [0.1, 0.15) is 0 Å². The van der Waals surface area contributed by atoms with E-state index in [1.807, 2.05) is 18.2 Å². The second-order valence-corrected chi connectivity index (χ2v) is 8.30. The summed E-state index contributed by atoms with van der Waals surface area (Å²) in [6.07, 6.45) is 10.1. The average Bonchev–Trinajstić information content (AvgIpc) is 3.08. The Morgan fingerprint density at radius 1 is 1.17 bits per heavy atom. The first-order valence-corrected chi connectivity index (χ1v) is 9.71. The monoisotopic (exact) mass is 329 g/mol. The molecule has 1 atom stereocenters. The van der Waals surface area contributed by atoms with Crippen molar-refractivity contribution in [3.8, 4) is 5.88 Å². The van der Waals surface area contributed by atoms with Gasteiger partial charge in [-0.3, -0.25) is 9.80 Å². The number of hydrogen-bond acceptors (Lipinski definition) is 4. The molecule has 0 unspecified atom stereocenters. The Bertz CT molecular complexity index is 523. The maximum atomic E-state index is 5.93. The van der Waals surface area contributed by atoms with Crippen molar-refractivity contribution in [1.29, 1.82) is 0 Å². The van der Waals surface area contributed by atoms with Crippen LogP contribution in [0, 0.1) is 11.8 Å². The second kappa shape index (κ2) is 7.01. The Kier molecular flexibility index (Phi) is 4.77. The van der Waals surface area contributed by atoms with Crippen molar-refractivity contribution < 1.29 is 4.74 Å². The van der Waals surface area contributed by atoms with Gasteiger partial charge < -0.3 is 4.74 Å². The van der Waals surface area contributed by atoms with E-state index in [-0.39, 0.29) is 0 Å². The second-order valence-electron chi connectivity index (χ2n) is 8.30. The molecule has 4 rings (SSSR count). The number of ether oxygens (including phenoxy) is 1. The van der Waals surface area contributed by atoms with E-state index in [1.54, 1.807) is 6.20 Å². The van der Waals surface area contributed by atoms with Gasteiger partial charge >= 0.3 is 0 Å². The summed E-state index contributed by atoms with van der Waals surface area (Å²) >= 11 is 0. The Morgan fingerprint density at radius 2 is 2.00 bits per heavy atom. The van der Waals surface area contributed by atoms with Crippen LogP contribution in [0.3, 0.4) is 0 Å². The van der Waals surface area contributed by atoms with E-state index < -0.39 is 0 Å². The Labute approximate surface area is 146 Å². The number of piperidine rings is 1. The van der Waals surface area contributed by atoms with Gasteiger partial charge in [-0.2, -0.15) is 0 Å². The molecule has 3 heterocycles. The Hall–Kier alpha value is -1.13. The summed E-state index contributed by atoms with van der Waals surface area (Å²) in [6.45, 7) is 5.88. The van der Waals surface area contributed by atoms with E-state index in [4.69, 9.17) is 4.74 Å². The van der Waals surface area contributed by atoms with Crippen LogP contribution in [-0.2, 0) is 0 Å². The fraction of sp³-hybridized carbons (Fsp3) is 0.750. The van der Waals surface area contributed by atoms with Crippen LogP contribution in [0.1, 0.15) is 38.5 Å². The number of likely N-dealkylation sites (N-methyl/N-ethyl adjacent to an activating group) is 1. The van der Waals surface area contributed by atoms with Crippen molar-refractivity contribution in [2.24, 2.45) is 11.8 Å². The normalized spacial score (nSPS) is 28.1. The fourth-order valence-corrected chi connectivity index (χ4v) is 5.03. The van der Waals surface area contributed by atoms with Crippen LogP contribution in [0.2, 0.25) is 0 Å². The molecule has 24 heavy (non-hydrogen) atoms. The van der Waals surface area contributed by atoms with Crippen molar-refractivity contribution >= 4 is 0 Å². The molecule has 4 nitrogen and oxygen atoms in total. The topological polar surface area (TPSA) is 28.6 Å². The molecule has 1 saturated carbocycles. The molecule has 3 aliphatic rings. The maximum absolute atomic E-state index is 5.93. The van der Waals surface area contributed by atoms with Gasteiger partial charge in [0.2, 0.25) is 5.88 Å². The number of pyridine rings is 1. The first kappa shape index (κ1) is 16.3. The standard InChI is InChI=1S/C20H31N3O/c1-22-11-9-18(14-24-19-8-4-5-10-21-19)12-20(22)15-23(16-20)13-17-6-2-3-7-17/h4-5,8,10,17-18H,2-3,6-7,9,11-16H2,1H3/t18-/m0/s1. The van der Waals surface area contributed by atoms with E-state index in [1.165, 1.54) is 64.7 Å². The van der Waals surface area contributed by atoms with Gasteiger partial charge in [-0.15, -0.1) is 0 Å². The minimum absolute atomic E-state index is 0.412. The predicted molar refractivity (Wildman–Crippen MR) is 96.2 cm³/mol. The highest BCUT2D eigenvalue weighted by Crippen LogP contribution is 2.39. The molecule has 3 fully saturated rings. The molecule has 2 aliphatic heterocycles. The first-order chi connectivity index (χ1) is 11.7. The summed E-state index contributed by atoms with van der Waals surface area (Å²) in [4.78, 5) is 9.60. The number of likely N-dealkylation sites (tertiary alicyclic amines) is 2. The van der Waals surface area contributed by atoms with Crippen LogP contribution in [0.15, 0.2) is 24.4 Å². The summed E-state index contributed by atoms with van der Waals surface area (Å²) in [5, 5.41) is 0. The van der Waals surface area contributed by atoms with Gasteiger partial charge in [-0.1, -0.05) is 18.9 Å². The SMILES string of the molecule is CN1CC[C@H](COc2ccccn2)CC12CN(CC1CCCC1)C2. The Balaban J connectivity index is 1.28. The number of rotatable bonds is 5.